The van der Waals surface area contributed by atoms with E-state index in [0.717, 1.165) is 4.90 Å². The van der Waals surface area contributed by atoms with E-state index in [1.807, 2.05) is 0 Å². The number of nitro groups is 1. The van der Waals surface area contributed by atoms with E-state index in [2.05, 4.69) is 15.9 Å². The number of benzene rings is 1. The highest BCUT2D eigenvalue weighted by molar-refractivity contribution is 9.10. The van der Waals surface area contributed by atoms with Crippen molar-refractivity contribution in [2.24, 2.45) is 11.7 Å². The summed E-state index contributed by atoms with van der Waals surface area (Å²) < 4.78 is 13.8. The van der Waals surface area contributed by atoms with Gasteiger partial charge in [0.15, 0.2) is 0 Å². The molecule has 9 heteroatoms. The summed E-state index contributed by atoms with van der Waals surface area (Å²) in [4.78, 5) is 34.0. The van der Waals surface area contributed by atoms with Gasteiger partial charge in [-0.25, -0.2) is 0 Å². The van der Waals surface area contributed by atoms with Crippen molar-refractivity contribution >= 4 is 39.1 Å². The molecule has 2 N–H and O–H groups in total. The maximum absolute atomic E-state index is 13.8. The quantitative estimate of drug-likeness (QED) is 0.658. The van der Waals surface area contributed by atoms with Crippen LogP contribution in [0.15, 0.2) is 16.6 Å². The Bertz CT molecular complexity index is 622. The Hall–Kier alpha value is -2.03. The van der Waals surface area contributed by atoms with E-state index >= 15 is 0 Å². The Morgan fingerprint density at radius 3 is 2.70 bits per heavy atom. The summed E-state index contributed by atoms with van der Waals surface area (Å²) in [5.74, 6) is -2.96. The van der Waals surface area contributed by atoms with Crippen molar-refractivity contribution in [1.29, 1.82) is 0 Å². The van der Waals surface area contributed by atoms with E-state index < -0.39 is 34.2 Å². The van der Waals surface area contributed by atoms with Gasteiger partial charge < -0.3 is 10.6 Å². The second-order valence-corrected chi connectivity index (χ2v) is 5.15. The zero-order valence-corrected chi connectivity index (χ0v) is 11.6. The average Bonchev–Trinajstić information content (AvgIpc) is 2.74. The fourth-order valence-electron chi connectivity index (χ4n) is 2.05. The van der Waals surface area contributed by atoms with Gasteiger partial charge in [0.05, 0.1) is 15.3 Å². The van der Waals surface area contributed by atoms with E-state index in [1.54, 1.807) is 0 Å². The fraction of sp³-hybridized carbons (Fsp3) is 0.273. The van der Waals surface area contributed by atoms with Crippen LogP contribution in [-0.4, -0.2) is 23.3 Å². The molecule has 1 aliphatic heterocycles. The molecular formula is C11H9BrFN3O4. The predicted octanol–water partition coefficient (Wildman–Crippen LogP) is 1.33. The van der Waals surface area contributed by atoms with E-state index in [0.29, 0.717) is 0 Å². The van der Waals surface area contributed by atoms with Gasteiger partial charge in [-0.2, -0.15) is 4.39 Å². The molecule has 0 bridgehead atoms. The molecule has 0 aromatic heterocycles. The van der Waals surface area contributed by atoms with Gasteiger partial charge >= 0.3 is 5.69 Å². The molecule has 1 saturated heterocycles. The number of nitrogens with zero attached hydrogens (tertiary/aromatic N) is 2. The zero-order valence-electron chi connectivity index (χ0n) is 10.0. The number of rotatable bonds is 3. The Kier molecular flexibility index (Phi) is 3.71. The molecule has 1 fully saturated rings. The van der Waals surface area contributed by atoms with Gasteiger partial charge in [0.1, 0.15) is 5.69 Å². The van der Waals surface area contributed by atoms with Crippen LogP contribution in [0.3, 0.4) is 0 Å². The van der Waals surface area contributed by atoms with Crippen LogP contribution in [0, 0.1) is 21.8 Å². The lowest BCUT2D eigenvalue weighted by Crippen LogP contribution is -2.29. The number of carbonyl (C=O) groups is 2. The number of primary amides is 1. The van der Waals surface area contributed by atoms with Gasteiger partial charge in [0.25, 0.3) is 0 Å². The molecule has 1 aromatic carbocycles. The van der Waals surface area contributed by atoms with Gasteiger partial charge in [-0.05, 0) is 28.1 Å². The molecule has 106 valence electrons. The summed E-state index contributed by atoms with van der Waals surface area (Å²) in [7, 11) is 0. The highest BCUT2D eigenvalue weighted by Gasteiger charge is 2.38. The third-order valence-corrected chi connectivity index (χ3v) is 3.66. The van der Waals surface area contributed by atoms with Gasteiger partial charge in [0.2, 0.25) is 17.6 Å². The average molecular weight is 346 g/mol. The Morgan fingerprint density at radius 2 is 2.20 bits per heavy atom. The van der Waals surface area contributed by atoms with Crippen molar-refractivity contribution in [2.45, 2.75) is 6.42 Å². The van der Waals surface area contributed by atoms with Crippen molar-refractivity contribution < 1.29 is 18.9 Å². The molecule has 2 amide bonds. The number of amides is 2. The normalized spacial score (nSPS) is 18.4. The van der Waals surface area contributed by atoms with Gasteiger partial charge in [0, 0.05) is 13.0 Å². The van der Waals surface area contributed by atoms with Crippen molar-refractivity contribution in [3.05, 3.63) is 32.5 Å². The summed E-state index contributed by atoms with van der Waals surface area (Å²) in [5, 5.41) is 11.0. The Morgan fingerprint density at radius 1 is 1.55 bits per heavy atom. The lowest BCUT2D eigenvalue weighted by Gasteiger charge is -2.16. The number of nitro benzene ring substituents is 1. The van der Waals surface area contributed by atoms with E-state index in [-0.39, 0.29) is 23.1 Å². The summed E-state index contributed by atoms with van der Waals surface area (Å²) in [6.45, 7) is -0.0872. The summed E-state index contributed by atoms with van der Waals surface area (Å²) >= 11 is 2.85. The van der Waals surface area contributed by atoms with Crippen molar-refractivity contribution in [2.75, 3.05) is 11.4 Å². The van der Waals surface area contributed by atoms with Gasteiger partial charge in [-0.3, -0.25) is 19.7 Å². The second kappa shape index (κ2) is 5.16. The zero-order chi connectivity index (χ0) is 15.0. The molecule has 0 spiro atoms. The van der Waals surface area contributed by atoms with Crippen LogP contribution in [0.2, 0.25) is 0 Å². The Balaban J connectivity index is 2.49. The number of nitrogens with two attached hydrogens (primary N) is 1. The van der Waals surface area contributed by atoms with Crippen LogP contribution in [0.5, 0.6) is 0 Å². The van der Waals surface area contributed by atoms with Crippen LogP contribution in [-0.2, 0) is 9.59 Å². The first kappa shape index (κ1) is 14.4. The van der Waals surface area contributed by atoms with Crippen molar-refractivity contribution in [3.63, 3.8) is 0 Å². The van der Waals surface area contributed by atoms with Crippen LogP contribution >= 0.6 is 15.9 Å². The molecule has 7 nitrogen and oxygen atoms in total. The highest BCUT2D eigenvalue weighted by Crippen LogP contribution is 2.37. The lowest BCUT2D eigenvalue weighted by atomic mass is 10.1. The molecule has 0 radical (unpaired) electrons. The first-order valence-corrected chi connectivity index (χ1v) is 6.34. The molecule has 1 unspecified atom stereocenters. The third-order valence-electron chi connectivity index (χ3n) is 3.05. The van der Waals surface area contributed by atoms with Crippen molar-refractivity contribution in [3.8, 4) is 0 Å². The molecule has 1 aromatic rings. The molecular weight excluding hydrogens is 337 g/mol. The van der Waals surface area contributed by atoms with Gasteiger partial charge in [-0.1, -0.05) is 0 Å². The maximum Gasteiger partial charge on any atom is 0.329 e. The third kappa shape index (κ3) is 2.36. The number of hydrogen-bond acceptors (Lipinski definition) is 4. The van der Waals surface area contributed by atoms with Crippen LogP contribution < -0.4 is 10.6 Å². The first-order chi connectivity index (χ1) is 9.32. The topological polar surface area (TPSA) is 107 Å². The molecule has 1 atom stereocenters. The van der Waals surface area contributed by atoms with Gasteiger partial charge in [-0.15, -0.1) is 0 Å². The summed E-state index contributed by atoms with van der Waals surface area (Å²) in [6.07, 6.45) is -0.135. The fourth-order valence-corrected chi connectivity index (χ4v) is 2.37. The van der Waals surface area contributed by atoms with E-state index in [4.69, 9.17) is 5.73 Å². The number of anilines is 1. The van der Waals surface area contributed by atoms with Crippen LogP contribution in [0.4, 0.5) is 15.8 Å². The lowest BCUT2D eigenvalue weighted by molar-refractivity contribution is -0.386. The molecule has 20 heavy (non-hydrogen) atoms. The van der Waals surface area contributed by atoms with E-state index in [1.165, 1.54) is 12.1 Å². The highest BCUT2D eigenvalue weighted by atomic mass is 79.9. The molecule has 1 aliphatic rings. The molecule has 0 saturated carbocycles. The largest absolute Gasteiger partial charge is 0.369 e. The smallest absolute Gasteiger partial charge is 0.329 e. The molecule has 2 rings (SSSR count). The monoisotopic (exact) mass is 345 g/mol. The Labute approximate surface area is 120 Å². The first-order valence-electron chi connectivity index (χ1n) is 5.55. The number of hydrogen-bond donors (Lipinski definition) is 1. The molecule has 1 heterocycles. The molecule has 0 aliphatic carbocycles. The minimum atomic E-state index is -1.07. The predicted molar refractivity (Wildman–Crippen MR) is 70.4 cm³/mol. The SMILES string of the molecule is NC(=O)C1CC(=O)N(c2ccc(Br)c(F)c2[N+](=O)[O-])C1. The van der Waals surface area contributed by atoms with Crippen LogP contribution in [0.25, 0.3) is 0 Å². The van der Waals surface area contributed by atoms with E-state index in [9.17, 15) is 24.1 Å². The summed E-state index contributed by atoms with van der Waals surface area (Å²) in [6, 6.07) is 2.52. The van der Waals surface area contributed by atoms with Crippen molar-refractivity contribution in [1.82, 2.24) is 0 Å². The standard InChI is InChI=1S/C11H9BrFN3O4/c12-6-1-2-7(10(9(6)13)16(19)20)15-4-5(11(14)18)3-8(15)17/h1-2,5H,3-4H2,(H2,14,18). The minimum absolute atomic E-state index is 0.0777. The van der Waals surface area contributed by atoms with Crippen LogP contribution in [0.1, 0.15) is 6.42 Å². The number of halogens is 2. The summed E-state index contributed by atoms with van der Waals surface area (Å²) in [5.41, 5.74) is 4.13. The minimum Gasteiger partial charge on any atom is -0.369 e. The number of carbonyl (C=O) groups excluding carboxylic acids is 2. The second-order valence-electron chi connectivity index (χ2n) is 4.29. The maximum atomic E-state index is 13.8.